The van der Waals surface area contributed by atoms with Gasteiger partial charge in [0.1, 0.15) is 12.7 Å². The highest BCUT2D eigenvalue weighted by molar-refractivity contribution is 6.31. The molecule has 0 aliphatic carbocycles. The number of aromatic nitrogens is 4. The Hall–Kier alpha value is -3.62. The monoisotopic (exact) mass is 579 g/mol. The van der Waals surface area contributed by atoms with E-state index in [-0.39, 0.29) is 19.4 Å². The molecule has 210 valence electrons. The van der Waals surface area contributed by atoms with Crippen LogP contribution < -0.4 is 4.90 Å². The number of aromatic amines is 1. The van der Waals surface area contributed by atoms with E-state index in [0.29, 0.717) is 27.2 Å². The largest absolute Gasteiger partial charge is 0.462 e. The highest BCUT2D eigenvalue weighted by Gasteiger charge is 2.43. The van der Waals surface area contributed by atoms with Gasteiger partial charge in [0, 0.05) is 48.4 Å². The molecule has 4 rings (SSSR count). The van der Waals surface area contributed by atoms with Gasteiger partial charge in [-0.1, -0.05) is 11.6 Å². The summed E-state index contributed by atoms with van der Waals surface area (Å²) in [5, 5.41) is 1.12. The van der Waals surface area contributed by atoms with Crippen LogP contribution in [0, 0.1) is 0 Å². The van der Waals surface area contributed by atoms with Gasteiger partial charge in [0.15, 0.2) is 0 Å². The lowest BCUT2D eigenvalue weighted by Crippen LogP contribution is -2.40. The normalized spacial score (nSPS) is 16.6. The van der Waals surface area contributed by atoms with E-state index in [2.05, 4.69) is 19.9 Å². The second-order valence-electron chi connectivity index (χ2n) is 8.71. The summed E-state index contributed by atoms with van der Waals surface area (Å²) in [7, 11) is 0. The van der Waals surface area contributed by atoms with E-state index in [1.807, 2.05) is 0 Å². The van der Waals surface area contributed by atoms with Crippen LogP contribution in [0.1, 0.15) is 49.2 Å². The number of halogens is 7. The Kier molecular flexibility index (Phi) is 7.65. The molecule has 3 aromatic rings. The second kappa shape index (κ2) is 10.5. The molecule has 1 N–H and O–H groups in total. The Morgan fingerprint density at radius 2 is 1.72 bits per heavy atom. The predicted molar refractivity (Wildman–Crippen MR) is 124 cm³/mol. The summed E-state index contributed by atoms with van der Waals surface area (Å²) in [5.41, 5.74) is 1.74. The van der Waals surface area contributed by atoms with Crippen LogP contribution in [0.3, 0.4) is 0 Å². The maximum Gasteiger partial charge on any atom is 0.451 e. The quantitative estimate of drug-likeness (QED) is 0.320. The molecular weight excluding hydrogens is 560 g/mol. The van der Waals surface area contributed by atoms with Gasteiger partial charge in [-0.3, -0.25) is 9.59 Å². The number of benzene rings is 1. The topological polar surface area (TPSA) is 110 Å². The number of ether oxygens (including phenoxy) is 2. The van der Waals surface area contributed by atoms with Crippen LogP contribution in [0.15, 0.2) is 18.2 Å². The SMILES string of the molecule is CC(=O)OC[C@H](C[C@H]1c2[nH]c3ccc(Cl)cc3c2CCN1c1nc(C(F)(F)F)nc(C(F)(F)F)n1)OC(C)=O. The summed E-state index contributed by atoms with van der Waals surface area (Å²) in [4.78, 5) is 36.7. The van der Waals surface area contributed by atoms with Gasteiger partial charge in [-0.25, -0.2) is 4.98 Å². The molecule has 0 radical (unpaired) electrons. The summed E-state index contributed by atoms with van der Waals surface area (Å²) >= 11 is 6.14. The lowest BCUT2D eigenvalue weighted by atomic mass is 9.94. The van der Waals surface area contributed by atoms with E-state index in [1.54, 1.807) is 18.2 Å². The summed E-state index contributed by atoms with van der Waals surface area (Å²) < 4.78 is 91.1. The van der Waals surface area contributed by atoms with Crippen molar-refractivity contribution in [1.29, 1.82) is 0 Å². The van der Waals surface area contributed by atoms with Crippen LogP contribution in [0.25, 0.3) is 10.9 Å². The summed E-state index contributed by atoms with van der Waals surface area (Å²) in [6, 6.07) is 3.93. The molecule has 0 saturated heterocycles. The van der Waals surface area contributed by atoms with E-state index in [0.717, 1.165) is 18.7 Å². The lowest BCUT2D eigenvalue weighted by Gasteiger charge is -2.37. The van der Waals surface area contributed by atoms with Crippen LogP contribution in [-0.4, -0.2) is 51.1 Å². The van der Waals surface area contributed by atoms with Crippen LogP contribution >= 0.6 is 11.6 Å². The summed E-state index contributed by atoms with van der Waals surface area (Å²) in [6.07, 6.45) is -11.7. The predicted octanol–water partition coefficient (Wildman–Crippen LogP) is 5.03. The van der Waals surface area contributed by atoms with Crippen molar-refractivity contribution in [2.24, 2.45) is 0 Å². The number of carbonyl (C=O) groups is 2. The number of hydrogen-bond donors (Lipinski definition) is 1. The first-order chi connectivity index (χ1) is 18.1. The van der Waals surface area contributed by atoms with Gasteiger partial charge in [-0.05, 0) is 30.2 Å². The van der Waals surface area contributed by atoms with Gasteiger partial charge in [0.2, 0.25) is 17.6 Å². The minimum atomic E-state index is -5.29. The fourth-order valence-electron chi connectivity index (χ4n) is 4.41. The van der Waals surface area contributed by atoms with Crippen molar-refractivity contribution >= 4 is 40.4 Å². The molecule has 39 heavy (non-hydrogen) atoms. The third-order valence-electron chi connectivity index (χ3n) is 5.89. The minimum Gasteiger partial charge on any atom is -0.462 e. The molecule has 0 unspecified atom stereocenters. The Labute approximate surface area is 221 Å². The number of carbonyl (C=O) groups excluding carboxylic acids is 2. The molecular formula is C23H20ClF6N5O4. The highest BCUT2D eigenvalue weighted by Crippen LogP contribution is 2.41. The number of H-pyrrole nitrogens is 1. The van der Waals surface area contributed by atoms with Crippen molar-refractivity contribution < 1.29 is 45.4 Å². The molecule has 1 aliphatic rings. The Morgan fingerprint density at radius 3 is 2.28 bits per heavy atom. The molecule has 0 spiro atoms. The van der Waals surface area contributed by atoms with E-state index in [4.69, 9.17) is 21.1 Å². The average Bonchev–Trinajstić information content (AvgIpc) is 3.19. The zero-order chi connectivity index (χ0) is 28.7. The number of esters is 2. The Balaban J connectivity index is 1.86. The number of nitrogens with one attached hydrogen (secondary N) is 1. The molecule has 9 nitrogen and oxygen atoms in total. The number of rotatable bonds is 6. The van der Waals surface area contributed by atoms with Crippen LogP contribution in [0.5, 0.6) is 0 Å². The summed E-state index contributed by atoms with van der Waals surface area (Å²) in [6.45, 7) is 1.72. The van der Waals surface area contributed by atoms with Gasteiger partial charge >= 0.3 is 24.3 Å². The fourth-order valence-corrected chi connectivity index (χ4v) is 4.59. The zero-order valence-electron chi connectivity index (χ0n) is 20.3. The second-order valence-corrected chi connectivity index (χ2v) is 9.15. The summed E-state index contributed by atoms with van der Waals surface area (Å²) in [5.74, 6) is -6.31. The van der Waals surface area contributed by atoms with Gasteiger partial charge in [-0.15, -0.1) is 0 Å². The van der Waals surface area contributed by atoms with Crippen molar-refractivity contribution in [2.45, 2.75) is 51.2 Å². The molecule has 0 bridgehead atoms. The molecule has 0 saturated carbocycles. The van der Waals surface area contributed by atoms with Crippen molar-refractivity contribution in [2.75, 3.05) is 18.1 Å². The standard InChI is InChI=1S/C23H20ClF6N5O4/c1-10(36)38-9-13(39-11(2)37)8-17-18-14(15-7-12(24)3-4-16(15)31-18)5-6-35(17)21-33-19(22(25,26)27)32-20(34-21)23(28,29)30/h3-4,7,13,17,31H,5-6,8-9H2,1-2H3/t13-,17-/m0/s1. The van der Waals surface area contributed by atoms with E-state index in [1.165, 1.54) is 0 Å². The van der Waals surface area contributed by atoms with Crippen molar-refractivity contribution in [1.82, 2.24) is 19.9 Å². The minimum absolute atomic E-state index is 0.101. The van der Waals surface area contributed by atoms with Gasteiger partial charge in [0.25, 0.3) is 0 Å². The number of nitrogens with zero attached hydrogens (tertiary/aromatic N) is 4. The van der Waals surface area contributed by atoms with E-state index < -0.39 is 60.6 Å². The first kappa shape index (κ1) is 28.4. The third-order valence-corrected chi connectivity index (χ3v) is 6.13. The van der Waals surface area contributed by atoms with Crippen LogP contribution in [-0.2, 0) is 37.8 Å². The van der Waals surface area contributed by atoms with E-state index in [9.17, 15) is 35.9 Å². The van der Waals surface area contributed by atoms with Crippen LogP contribution in [0.2, 0.25) is 5.02 Å². The molecule has 1 aromatic carbocycles. The number of fused-ring (bicyclic) bond motifs is 3. The van der Waals surface area contributed by atoms with Crippen molar-refractivity contribution in [3.8, 4) is 0 Å². The average molecular weight is 580 g/mol. The van der Waals surface area contributed by atoms with Crippen LogP contribution in [0.4, 0.5) is 32.3 Å². The molecule has 2 atom stereocenters. The molecule has 3 heterocycles. The maximum atomic E-state index is 13.5. The van der Waals surface area contributed by atoms with Crippen molar-refractivity contribution in [3.63, 3.8) is 0 Å². The lowest BCUT2D eigenvalue weighted by molar-refractivity contribution is -0.157. The van der Waals surface area contributed by atoms with Gasteiger partial charge in [0.05, 0.1) is 6.04 Å². The third kappa shape index (κ3) is 6.34. The molecule has 0 amide bonds. The molecule has 1 aliphatic heterocycles. The maximum absolute atomic E-state index is 13.5. The van der Waals surface area contributed by atoms with Crippen molar-refractivity contribution in [3.05, 3.63) is 46.1 Å². The number of alkyl halides is 6. The zero-order valence-corrected chi connectivity index (χ0v) is 21.0. The Morgan fingerprint density at radius 1 is 1.08 bits per heavy atom. The van der Waals surface area contributed by atoms with E-state index >= 15 is 0 Å². The fraction of sp³-hybridized carbons (Fsp3) is 0.435. The molecule has 0 fully saturated rings. The Bertz CT molecular complexity index is 1380. The smallest absolute Gasteiger partial charge is 0.451 e. The molecule has 2 aromatic heterocycles. The number of anilines is 1. The highest BCUT2D eigenvalue weighted by atomic mass is 35.5. The first-order valence-corrected chi connectivity index (χ1v) is 11.8. The first-order valence-electron chi connectivity index (χ1n) is 11.4. The van der Waals surface area contributed by atoms with Gasteiger partial charge < -0.3 is 19.4 Å². The number of hydrogen-bond acceptors (Lipinski definition) is 8. The van der Waals surface area contributed by atoms with Gasteiger partial charge in [-0.2, -0.15) is 36.3 Å². The molecule has 16 heteroatoms.